The number of hydrogen-bond acceptors (Lipinski definition) is 6. The Kier molecular flexibility index (Phi) is 7.39. The minimum Gasteiger partial charge on any atom is -0.383 e. The molecule has 2 heterocycles. The lowest BCUT2D eigenvalue weighted by Gasteiger charge is -2.29. The lowest BCUT2D eigenvalue weighted by Crippen LogP contribution is -2.35. The van der Waals surface area contributed by atoms with Gasteiger partial charge in [0.05, 0.1) is 5.56 Å². The molecule has 0 radical (unpaired) electrons. The minimum atomic E-state index is 0.0503. The third kappa shape index (κ3) is 5.01. The van der Waals surface area contributed by atoms with Crippen molar-refractivity contribution in [2.24, 2.45) is 0 Å². The quantitative estimate of drug-likeness (QED) is 0.455. The van der Waals surface area contributed by atoms with Gasteiger partial charge in [-0.2, -0.15) is 10.5 Å². The number of aromatic nitrogens is 1. The molecular formula is C28H27N5OS. The highest BCUT2D eigenvalue weighted by molar-refractivity contribution is 7.99. The van der Waals surface area contributed by atoms with Crippen molar-refractivity contribution in [3.63, 3.8) is 0 Å². The van der Waals surface area contributed by atoms with E-state index in [1.54, 1.807) is 0 Å². The van der Waals surface area contributed by atoms with E-state index in [0.717, 1.165) is 24.1 Å². The average Bonchev–Trinajstić information content (AvgIpc) is 2.88. The summed E-state index contributed by atoms with van der Waals surface area (Å²) in [5.74, 6) is 0.964. The zero-order chi connectivity index (χ0) is 24.9. The number of benzene rings is 2. The van der Waals surface area contributed by atoms with Gasteiger partial charge >= 0.3 is 0 Å². The van der Waals surface area contributed by atoms with Crippen LogP contribution in [0.4, 0.5) is 11.5 Å². The number of anilines is 2. The number of fused-ring (bicyclic) bond motifs is 1. The summed E-state index contributed by atoms with van der Waals surface area (Å²) in [7, 11) is 0. The number of nitriles is 2. The SMILES string of the molecule is CC(C)c1ccc(-c2c(C#N)c(N)nc(SCCC(=O)N3CCCc4ccccc43)c2C#N)cc1. The fourth-order valence-electron chi connectivity index (χ4n) is 4.39. The van der Waals surface area contributed by atoms with Crippen LogP contribution in [-0.4, -0.2) is 23.2 Å². The van der Waals surface area contributed by atoms with Gasteiger partial charge in [-0.05, 0) is 41.5 Å². The van der Waals surface area contributed by atoms with Crippen LogP contribution >= 0.6 is 11.8 Å². The Hall–Kier alpha value is -3.81. The van der Waals surface area contributed by atoms with Crippen LogP contribution in [0, 0.1) is 22.7 Å². The molecule has 3 aromatic rings. The lowest BCUT2D eigenvalue weighted by molar-refractivity contribution is -0.118. The molecule has 0 fully saturated rings. The van der Waals surface area contributed by atoms with Gasteiger partial charge in [0.15, 0.2) is 0 Å². The van der Waals surface area contributed by atoms with Gasteiger partial charge in [-0.3, -0.25) is 4.79 Å². The summed E-state index contributed by atoms with van der Waals surface area (Å²) < 4.78 is 0. The molecule has 6 nitrogen and oxygen atoms in total. The number of carbonyl (C=O) groups is 1. The molecule has 0 atom stereocenters. The van der Waals surface area contributed by atoms with Crippen molar-refractivity contribution < 1.29 is 4.79 Å². The highest BCUT2D eigenvalue weighted by Crippen LogP contribution is 2.36. The Morgan fingerprint density at radius 2 is 1.83 bits per heavy atom. The number of hydrogen-bond donors (Lipinski definition) is 1. The van der Waals surface area contributed by atoms with Crippen molar-refractivity contribution in [1.82, 2.24) is 4.98 Å². The molecule has 0 spiro atoms. The molecule has 7 heteroatoms. The van der Waals surface area contributed by atoms with Crippen LogP contribution in [0.2, 0.25) is 0 Å². The molecule has 176 valence electrons. The summed E-state index contributed by atoms with van der Waals surface area (Å²) >= 11 is 1.32. The average molecular weight is 482 g/mol. The number of amides is 1. The Labute approximate surface area is 210 Å². The standard InChI is InChI=1S/C28H27N5OS/c1-18(2)19-9-11-21(12-10-19)26-22(16-29)27(31)32-28(23(26)17-30)35-15-13-25(34)33-14-5-7-20-6-3-4-8-24(20)33/h3-4,6,8-12,18H,5,7,13-15H2,1-2H3,(H2,31,32). The fourth-order valence-corrected chi connectivity index (χ4v) is 5.31. The second-order valence-electron chi connectivity index (χ2n) is 8.80. The predicted molar refractivity (Wildman–Crippen MR) is 140 cm³/mol. The highest BCUT2D eigenvalue weighted by atomic mass is 32.2. The molecule has 0 bridgehead atoms. The maximum absolute atomic E-state index is 13.0. The van der Waals surface area contributed by atoms with Crippen molar-refractivity contribution in [2.45, 2.75) is 44.1 Å². The molecule has 1 aliphatic heterocycles. The number of nitrogen functional groups attached to an aromatic ring is 1. The number of aryl methyl sites for hydroxylation is 1. The van der Waals surface area contributed by atoms with Crippen molar-refractivity contribution in [2.75, 3.05) is 22.9 Å². The van der Waals surface area contributed by atoms with E-state index in [9.17, 15) is 15.3 Å². The molecule has 1 aromatic heterocycles. The second-order valence-corrected chi connectivity index (χ2v) is 9.89. The van der Waals surface area contributed by atoms with E-state index >= 15 is 0 Å². The topological polar surface area (TPSA) is 107 Å². The van der Waals surface area contributed by atoms with Gasteiger partial charge in [-0.15, -0.1) is 11.8 Å². The first-order chi connectivity index (χ1) is 16.9. The third-order valence-corrected chi connectivity index (χ3v) is 7.22. The summed E-state index contributed by atoms with van der Waals surface area (Å²) in [5, 5.41) is 20.2. The van der Waals surface area contributed by atoms with Crippen molar-refractivity contribution in [3.05, 3.63) is 70.8 Å². The van der Waals surface area contributed by atoms with E-state index in [2.05, 4.69) is 37.0 Å². The zero-order valence-electron chi connectivity index (χ0n) is 19.9. The van der Waals surface area contributed by atoms with Crippen LogP contribution in [0.15, 0.2) is 53.6 Å². The first-order valence-corrected chi connectivity index (χ1v) is 12.7. The van der Waals surface area contributed by atoms with Crippen molar-refractivity contribution in [3.8, 4) is 23.3 Å². The summed E-state index contributed by atoms with van der Waals surface area (Å²) in [4.78, 5) is 19.2. The van der Waals surface area contributed by atoms with Crippen LogP contribution in [-0.2, 0) is 11.2 Å². The largest absolute Gasteiger partial charge is 0.383 e. The third-order valence-electron chi connectivity index (χ3n) is 6.25. The summed E-state index contributed by atoms with van der Waals surface area (Å²) in [6, 6.07) is 20.2. The molecule has 1 aliphatic rings. The molecule has 1 amide bonds. The Morgan fingerprint density at radius 1 is 1.11 bits per heavy atom. The van der Waals surface area contributed by atoms with Crippen LogP contribution in [0.1, 0.15) is 54.9 Å². The highest BCUT2D eigenvalue weighted by Gasteiger charge is 2.23. The number of pyridine rings is 1. The molecule has 4 rings (SSSR count). The maximum atomic E-state index is 13.0. The van der Waals surface area contributed by atoms with E-state index in [0.29, 0.717) is 40.8 Å². The first kappa shape index (κ1) is 24.3. The van der Waals surface area contributed by atoms with E-state index in [1.807, 2.05) is 47.4 Å². The number of para-hydroxylation sites is 1. The van der Waals surface area contributed by atoms with Gasteiger partial charge in [0.1, 0.15) is 28.5 Å². The van der Waals surface area contributed by atoms with Crippen molar-refractivity contribution >= 4 is 29.2 Å². The number of nitrogens with two attached hydrogens (primary N) is 1. The molecular weight excluding hydrogens is 454 g/mol. The summed E-state index contributed by atoms with van der Waals surface area (Å²) in [6.07, 6.45) is 2.24. The van der Waals surface area contributed by atoms with Gasteiger partial charge in [0, 0.05) is 30.0 Å². The Morgan fingerprint density at radius 3 is 2.51 bits per heavy atom. The molecule has 2 aromatic carbocycles. The predicted octanol–water partition coefficient (Wildman–Crippen LogP) is 5.66. The Balaban J connectivity index is 1.58. The molecule has 0 aliphatic carbocycles. The molecule has 0 saturated carbocycles. The van der Waals surface area contributed by atoms with E-state index < -0.39 is 0 Å². The minimum absolute atomic E-state index is 0.0503. The molecule has 35 heavy (non-hydrogen) atoms. The smallest absolute Gasteiger partial charge is 0.227 e. The number of nitrogens with zero attached hydrogens (tertiary/aromatic N) is 4. The normalized spacial score (nSPS) is 12.7. The van der Waals surface area contributed by atoms with Gasteiger partial charge in [0.2, 0.25) is 5.91 Å². The lowest BCUT2D eigenvalue weighted by atomic mass is 9.94. The molecule has 0 unspecified atom stereocenters. The number of carbonyl (C=O) groups excluding carboxylic acids is 1. The molecule has 0 saturated heterocycles. The van der Waals surface area contributed by atoms with E-state index in [1.165, 1.54) is 22.9 Å². The maximum Gasteiger partial charge on any atom is 0.227 e. The fraction of sp³-hybridized carbons (Fsp3) is 0.286. The van der Waals surface area contributed by atoms with Crippen LogP contribution in [0.3, 0.4) is 0 Å². The van der Waals surface area contributed by atoms with Crippen LogP contribution in [0.5, 0.6) is 0 Å². The summed E-state index contributed by atoms with van der Waals surface area (Å²) in [5.41, 5.74) is 11.2. The van der Waals surface area contributed by atoms with E-state index in [4.69, 9.17) is 5.73 Å². The zero-order valence-corrected chi connectivity index (χ0v) is 20.7. The summed E-state index contributed by atoms with van der Waals surface area (Å²) in [6.45, 7) is 4.93. The first-order valence-electron chi connectivity index (χ1n) is 11.7. The van der Waals surface area contributed by atoms with E-state index in [-0.39, 0.29) is 17.3 Å². The monoisotopic (exact) mass is 481 g/mol. The number of thioether (sulfide) groups is 1. The van der Waals surface area contributed by atoms with Gasteiger partial charge in [0.25, 0.3) is 0 Å². The molecule has 2 N–H and O–H groups in total. The van der Waals surface area contributed by atoms with Crippen LogP contribution < -0.4 is 10.6 Å². The second kappa shape index (κ2) is 10.6. The van der Waals surface area contributed by atoms with Gasteiger partial charge in [-0.25, -0.2) is 4.98 Å². The van der Waals surface area contributed by atoms with Gasteiger partial charge < -0.3 is 10.6 Å². The number of rotatable bonds is 6. The Bertz CT molecular complexity index is 1340. The van der Waals surface area contributed by atoms with Gasteiger partial charge in [-0.1, -0.05) is 56.3 Å². The van der Waals surface area contributed by atoms with Crippen LogP contribution in [0.25, 0.3) is 11.1 Å². The van der Waals surface area contributed by atoms with Crippen molar-refractivity contribution in [1.29, 1.82) is 10.5 Å².